The molecule has 1 heterocycles. The smallest absolute Gasteiger partial charge is 0.252 e. The summed E-state index contributed by atoms with van der Waals surface area (Å²) in [4.78, 5) is 0. The van der Waals surface area contributed by atoms with Gasteiger partial charge in [-0.25, -0.2) is 8.42 Å². The summed E-state index contributed by atoms with van der Waals surface area (Å²) < 4.78 is 27.3. The van der Waals surface area contributed by atoms with Crippen LogP contribution < -0.4 is 5.32 Å². The second kappa shape index (κ2) is 6.56. The number of nitrogens with zero attached hydrogens (tertiary/aromatic N) is 1. The van der Waals surface area contributed by atoms with Crippen molar-refractivity contribution in [1.29, 1.82) is 0 Å². The van der Waals surface area contributed by atoms with Crippen molar-refractivity contribution in [2.24, 2.45) is 5.92 Å². The highest BCUT2D eigenvalue weighted by molar-refractivity contribution is 7.91. The number of rotatable bonds is 5. The lowest BCUT2D eigenvalue weighted by Gasteiger charge is -2.32. The number of sulfonamides is 1. The summed E-state index contributed by atoms with van der Waals surface area (Å²) in [5.41, 5.74) is 1.03. The van der Waals surface area contributed by atoms with Crippen molar-refractivity contribution >= 4 is 21.4 Å². The summed E-state index contributed by atoms with van der Waals surface area (Å²) in [6, 6.07) is 1.95. The first-order valence-electron chi connectivity index (χ1n) is 7.15. The minimum Gasteiger partial charge on any atom is -0.316 e. The minimum atomic E-state index is -3.33. The van der Waals surface area contributed by atoms with Crippen LogP contribution in [0.3, 0.4) is 0 Å². The molecule has 1 saturated carbocycles. The van der Waals surface area contributed by atoms with Crippen molar-refractivity contribution in [2.45, 2.75) is 49.4 Å². The van der Waals surface area contributed by atoms with Gasteiger partial charge in [0.05, 0.1) is 0 Å². The van der Waals surface area contributed by atoms with Crippen LogP contribution in [0.5, 0.6) is 0 Å². The van der Waals surface area contributed by atoms with Gasteiger partial charge in [-0.3, -0.25) is 0 Å². The zero-order chi connectivity index (χ0) is 14.8. The van der Waals surface area contributed by atoms with Crippen molar-refractivity contribution in [3.8, 4) is 0 Å². The molecule has 2 rings (SSSR count). The molecule has 0 saturated heterocycles. The second-order valence-electron chi connectivity index (χ2n) is 5.74. The lowest BCUT2D eigenvalue weighted by molar-refractivity contribution is 0.246. The Hall–Kier alpha value is -0.430. The van der Waals surface area contributed by atoms with Crippen LogP contribution in [0.4, 0.5) is 0 Å². The van der Waals surface area contributed by atoms with Crippen LogP contribution in [0.15, 0.2) is 15.7 Å². The van der Waals surface area contributed by atoms with Gasteiger partial charge >= 0.3 is 0 Å². The molecule has 0 aromatic carbocycles. The lowest BCUT2D eigenvalue weighted by atomic mass is 9.87. The van der Waals surface area contributed by atoms with E-state index in [1.165, 1.54) is 11.3 Å². The summed E-state index contributed by atoms with van der Waals surface area (Å²) in [6.45, 7) is 2.95. The van der Waals surface area contributed by atoms with Crippen molar-refractivity contribution in [1.82, 2.24) is 9.62 Å². The maximum atomic E-state index is 12.6. The van der Waals surface area contributed by atoms with Crippen LogP contribution in [-0.2, 0) is 16.6 Å². The van der Waals surface area contributed by atoms with Crippen LogP contribution in [0.25, 0.3) is 0 Å². The van der Waals surface area contributed by atoms with Crippen LogP contribution in [0.2, 0.25) is 0 Å². The standard InChI is InChI=1S/C14H24N2O2S2/c1-11-4-6-13(7-5-11)16(3)20(17,18)14-8-12(9-15-2)10-19-14/h8,10-11,13,15H,4-7,9H2,1-3H3. The third-order valence-electron chi connectivity index (χ3n) is 4.14. The fourth-order valence-electron chi connectivity index (χ4n) is 2.73. The van der Waals surface area contributed by atoms with Crippen molar-refractivity contribution in [3.63, 3.8) is 0 Å². The van der Waals surface area contributed by atoms with Crippen molar-refractivity contribution in [2.75, 3.05) is 14.1 Å². The molecule has 1 N–H and O–H groups in total. The van der Waals surface area contributed by atoms with Gasteiger partial charge in [0.25, 0.3) is 10.0 Å². The molecule has 114 valence electrons. The predicted octanol–water partition coefficient (Wildman–Crippen LogP) is 2.67. The SMILES string of the molecule is CNCc1csc(S(=O)(=O)N(C)C2CCC(C)CC2)c1. The molecule has 0 atom stereocenters. The van der Waals surface area contributed by atoms with Gasteiger partial charge in [0, 0.05) is 19.6 Å². The Labute approximate surface area is 126 Å². The molecule has 6 heteroatoms. The third kappa shape index (κ3) is 3.42. The number of nitrogens with one attached hydrogen (secondary N) is 1. The monoisotopic (exact) mass is 316 g/mol. The largest absolute Gasteiger partial charge is 0.316 e. The first kappa shape index (κ1) is 15.9. The van der Waals surface area contributed by atoms with E-state index in [4.69, 9.17) is 0 Å². The summed E-state index contributed by atoms with van der Waals surface area (Å²) in [7, 11) is 0.262. The van der Waals surface area contributed by atoms with E-state index in [0.29, 0.717) is 10.8 Å². The molecule has 1 aliphatic rings. The molecular weight excluding hydrogens is 292 g/mol. The Balaban J connectivity index is 2.12. The van der Waals surface area contributed by atoms with Crippen molar-refractivity contribution in [3.05, 3.63) is 17.0 Å². The Bertz CT molecular complexity index is 531. The zero-order valence-electron chi connectivity index (χ0n) is 12.4. The first-order valence-corrected chi connectivity index (χ1v) is 9.47. The molecule has 1 aromatic rings. The Morgan fingerprint density at radius 1 is 1.35 bits per heavy atom. The first-order chi connectivity index (χ1) is 9.45. The minimum absolute atomic E-state index is 0.158. The van der Waals surface area contributed by atoms with Crippen LogP contribution in [0, 0.1) is 5.92 Å². The molecule has 1 aliphatic carbocycles. The highest BCUT2D eigenvalue weighted by Gasteiger charge is 2.31. The van der Waals surface area contributed by atoms with E-state index in [-0.39, 0.29) is 6.04 Å². The van der Waals surface area contributed by atoms with Gasteiger partial charge in [0.1, 0.15) is 4.21 Å². The van der Waals surface area contributed by atoms with Gasteiger partial charge in [0.15, 0.2) is 0 Å². The van der Waals surface area contributed by atoms with E-state index in [2.05, 4.69) is 12.2 Å². The topological polar surface area (TPSA) is 49.4 Å². The molecule has 0 amide bonds. The molecule has 4 nitrogen and oxygen atoms in total. The lowest BCUT2D eigenvalue weighted by Crippen LogP contribution is -2.38. The van der Waals surface area contributed by atoms with E-state index in [1.807, 2.05) is 12.4 Å². The molecule has 20 heavy (non-hydrogen) atoms. The van der Waals surface area contributed by atoms with Gasteiger partial charge in [-0.2, -0.15) is 4.31 Å². The summed E-state index contributed by atoms with van der Waals surface area (Å²) in [5.74, 6) is 0.728. The fourth-order valence-corrected chi connectivity index (χ4v) is 5.54. The fraction of sp³-hybridized carbons (Fsp3) is 0.714. The Kier molecular flexibility index (Phi) is 5.23. The van der Waals surface area contributed by atoms with E-state index >= 15 is 0 Å². The van der Waals surface area contributed by atoms with E-state index in [1.54, 1.807) is 17.4 Å². The maximum Gasteiger partial charge on any atom is 0.252 e. The van der Waals surface area contributed by atoms with Crippen LogP contribution >= 0.6 is 11.3 Å². The van der Waals surface area contributed by atoms with Gasteiger partial charge in [-0.15, -0.1) is 11.3 Å². The third-order valence-corrected chi connectivity index (χ3v) is 7.52. The predicted molar refractivity (Wildman–Crippen MR) is 83.5 cm³/mol. The van der Waals surface area contributed by atoms with E-state index in [9.17, 15) is 8.42 Å². The highest BCUT2D eigenvalue weighted by atomic mass is 32.2. The average molecular weight is 316 g/mol. The maximum absolute atomic E-state index is 12.6. The number of thiophene rings is 1. The summed E-state index contributed by atoms with van der Waals surface area (Å²) in [6.07, 6.45) is 4.21. The molecule has 0 bridgehead atoms. The van der Waals surface area contributed by atoms with E-state index in [0.717, 1.165) is 37.2 Å². The molecule has 0 radical (unpaired) electrons. The number of hydrogen-bond acceptors (Lipinski definition) is 4. The van der Waals surface area contributed by atoms with E-state index < -0.39 is 10.0 Å². The zero-order valence-corrected chi connectivity index (χ0v) is 14.1. The average Bonchev–Trinajstić information content (AvgIpc) is 2.88. The quantitative estimate of drug-likeness (QED) is 0.908. The van der Waals surface area contributed by atoms with Gasteiger partial charge in [-0.1, -0.05) is 6.92 Å². The molecule has 0 unspecified atom stereocenters. The Morgan fingerprint density at radius 2 is 2.00 bits per heavy atom. The van der Waals surface area contributed by atoms with Crippen LogP contribution in [0.1, 0.15) is 38.2 Å². The van der Waals surface area contributed by atoms with Crippen LogP contribution in [-0.4, -0.2) is 32.9 Å². The molecule has 0 aliphatic heterocycles. The molecule has 1 fully saturated rings. The second-order valence-corrected chi connectivity index (χ2v) is 8.87. The van der Waals surface area contributed by atoms with Gasteiger partial charge in [-0.05, 0) is 55.7 Å². The summed E-state index contributed by atoms with van der Waals surface area (Å²) in [5, 5.41) is 4.96. The normalized spacial score (nSPS) is 24.2. The summed E-state index contributed by atoms with van der Waals surface area (Å²) >= 11 is 1.32. The molecular formula is C14H24N2O2S2. The number of hydrogen-bond donors (Lipinski definition) is 1. The molecule has 0 spiro atoms. The Morgan fingerprint density at radius 3 is 2.60 bits per heavy atom. The molecule has 1 aromatic heterocycles. The van der Waals surface area contributed by atoms with Gasteiger partial charge < -0.3 is 5.32 Å². The van der Waals surface area contributed by atoms with Crippen molar-refractivity contribution < 1.29 is 8.42 Å². The highest BCUT2D eigenvalue weighted by Crippen LogP contribution is 2.31. The van der Waals surface area contributed by atoms with Gasteiger partial charge in [0.2, 0.25) is 0 Å².